The predicted octanol–water partition coefficient (Wildman–Crippen LogP) is 3.39. The van der Waals surface area contributed by atoms with Crippen LogP contribution in [-0.2, 0) is 0 Å². The van der Waals surface area contributed by atoms with Crippen LogP contribution in [0.1, 0.15) is 29.0 Å². The van der Waals surface area contributed by atoms with Crippen LogP contribution in [0, 0.1) is 0 Å². The quantitative estimate of drug-likeness (QED) is 0.679. The number of benzene rings is 2. The maximum atomic E-state index is 12.8. The summed E-state index contributed by atoms with van der Waals surface area (Å²) < 4.78 is 17.5. The largest absolute Gasteiger partial charge is 0.493 e. The number of nitrogens with zero attached hydrogens (tertiary/aromatic N) is 2. The molecule has 0 aliphatic heterocycles. The molecule has 0 bridgehead atoms. The third kappa shape index (κ3) is 3.93. The maximum Gasteiger partial charge on any atom is 0.276 e. The van der Waals surface area contributed by atoms with Crippen LogP contribution in [0.2, 0.25) is 0 Å². The fourth-order valence-electron chi connectivity index (χ4n) is 2.85. The highest BCUT2D eigenvalue weighted by atomic mass is 16.5. The van der Waals surface area contributed by atoms with Crippen molar-refractivity contribution in [1.82, 2.24) is 15.1 Å². The van der Waals surface area contributed by atoms with Gasteiger partial charge in [0.15, 0.2) is 22.9 Å². The Kier molecular flexibility index (Phi) is 5.84. The van der Waals surface area contributed by atoms with E-state index in [0.717, 1.165) is 11.3 Å². The van der Waals surface area contributed by atoms with E-state index >= 15 is 0 Å². The molecule has 0 spiro atoms. The first-order valence-corrected chi connectivity index (χ1v) is 8.79. The Morgan fingerprint density at radius 3 is 2.29 bits per heavy atom. The lowest BCUT2D eigenvalue weighted by molar-refractivity contribution is 0.0931. The Balaban J connectivity index is 1.82. The van der Waals surface area contributed by atoms with Crippen LogP contribution >= 0.6 is 0 Å². The Morgan fingerprint density at radius 1 is 0.964 bits per heavy atom. The molecule has 0 fully saturated rings. The fourth-order valence-corrected chi connectivity index (χ4v) is 2.85. The van der Waals surface area contributed by atoms with Gasteiger partial charge < -0.3 is 19.5 Å². The molecule has 1 heterocycles. The van der Waals surface area contributed by atoms with Gasteiger partial charge in [-0.3, -0.25) is 4.79 Å². The van der Waals surface area contributed by atoms with Crippen molar-refractivity contribution in [3.8, 4) is 22.9 Å². The number of amides is 1. The van der Waals surface area contributed by atoms with E-state index in [1.165, 1.54) is 7.11 Å². The van der Waals surface area contributed by atoms with Crippen LogP contribution in [0.5, 0.6) is 17.2 Å². The third-order valence-corrected chi connectivity index (χ3v) is 4.39. The zero-order valence-corrected chi connectivity index (χ0v) is 16.3. The number of methoxy groups -OCH3 is 3. The van der Waals surface area contributed by atoms with E-state index in [2.05, 4.69) is 10.4 Å². The van der Waals surface area contributed by atoms with Gasteiger partial charge in [0, 0.05) is 0 Å². The van der Waals surface area contributed by atoms with Crippen molar-refractivity contribution in [2.24, 2.45) is 0 Å². The molecule has 1 N–H and O–H groups in total. The van der Waals surface area contributed by atoms with Gasteiger partial charge in [0.1, 0.15) is 0 Å². The molecule has 3 aromatic rings. The van der Waals surface area contributed by atoms with Crippen molar-refractivity contribution in [2.45, 2.75) is 13.0 Å². The highest BCUT2D eigenvalue weighted by Gasteiger charge is 2.21. The monoisotopic (exact) mass is 381 g/mol. The summed E-state index contributed by atoms with van der Waals surface area (Å²) in [4.78, 5) is 12.8. The molecule has 2 aromatic carbocycles. The van der Waals surface area contributed by atoms with Crippen LogP contribution in [0.15, 0.2) is 54.7 Å². The summed E-state index contributed by atoms with van der Waals surface area (Å²) >= 11 is 0. The summed E-state index contributed by atoms with van der Waals surface area (Å²) in [6.07, 6.45) is 1.69. The van der Waals surface area contributed by atoms with E-state index in [0.29, 0.717) is 17.2 Å². The number of hydrogen-bond acceptors (Lipinski definition) is 5. The van der Waals surface area contributed by atoms with Crippen molar-refractivity contribution < 1.29 is 19.0 Å². The first-order chi connectivity index (χ1) is 13.6. The van der Waals surface area contributed by atoms with Gasteiger partial charge in [-0.15, -0.1) is 0 Å². The second-order valence-corrected chi connectivity index (χ2v) is 6.14. The van der Waals surface area contributed by atoms with Crippen molar-refractivity contribution in [3.63, 3.8) is 0 Å². The fraction of sp³-hybridized carbons (Fsp3) is 0.238. The molecule has 1 atom stereocenters. The summed E-state index contributed by atoms with van der Waals surface area (Å²) in [6.45, 7) is 1.89. The molecular formula is C21H23N3O4. The van der Waals surface area contributed by atoms with E-state index in [9.17, 15) is 4.79 Å². The number of carbonyl (C=O) groups is 1. The molecular weight excluding hydrogens is 358 g/mol. The molecule has 28 heavy (non-hydrogen) atoms. The Hall–Kier alpha value is -3.48. The zero-order chi connectivity index (χ0) is 20.1. The van der Waals surface area contributed by atoms with E-state index in [1.807, 2.05) is 55.5 Å². The Labute approximate surface area is 163 Å². The molecule has 146 valence electrons. The average Bonchev–Trinajstić information content (AvgIpc) is 3.18. The lowest BCUT2D eigenvalue weighted by Crippen LogP contribution is -2.27. The molecule has 7 heteroatoms. The van der Waals surface area contributed by atoms with E-state index < -0.39 is 0 Å². The van der Waals surface area contributed by atoms with Crippen LogP contribution in [0.3, 0.4) is 0 Å². The van der Waals surface area contributed by atoms with Gasteiger partial charge in [-0.25, -0.2) is 4.68 Å². The van der Waals surface area contributed by atoms with E-state index in [-0.39, 0.29) is 17.6 Å². The molecule has 0 aliphatic rings. The second kappa shape index (κ2) is 8.47. The van der Waals surface area contributed by atoms with Gasteiger partial charge in [-0.1, -0.05) is 24.3 Å². The first-order valence-electron chi connectivity index (χ1n) is 8.79. The number of rotatable bonds is 7. The van der Waals surface area contributed by atoms with Gasteiger partial charge in [-0.05, 0) is 36.8 Å². The molecule has 0 aliphatic carbocycles. The predicted molar refractivity (Wildman–Crippen MR) is 106 cm³/mol. The minimum Gasteiger partial charge on any atom is -0.493 e. The summed E-state index contributed by atoms with van der Waals surface area (Å²) in [5.74, 6) is 1.31. The molecule has 1 amide bonds. The maximum absolute atomic E-state index is 12.8. The van der Waals surface area contributed by atoms with E-state index in [1.54, 1.807) is 25.1 Å². The lowest BCUT2D eigenvalue weighted by Gasteiger charge is -2.16. The number of ether oxygens (including phenoxy) is 3. The van der Waals surface area contributed by atoms with Crippen molar-refractivity contribution >= 4 is 5.91 Å². The molecule has 0 radical (unpaired) electrons. The van der Waals surface area contributed by atoms with Gasteiger partial charge in [0.2, 0.25) is 0 Å². The molecule has 7 nitrogen and oxygen atoms in total. The van der Waals surface area contributed by atoms with Gasteiger partial charge in [0.25, 0.3) is 5.91 Å². The average molecular weight is 381 g/mol. The topological polar surface area (TPSA) is 74.6 Å². The van der Waals surface area contributed by atoms with Gasteiger partial charge in [-0.2, -0.15) is 5.10 Å². The number of hydrogen-bond donors (Lipinski definition) is 1. The summed E-state index contributed by atoms with van der Waals surface area (Å²) in [5, 5.41) is 7.34. The normalized spacial score (nSPS) is 11.6. The summed E-state index contributed by atoms with van der Waals surface area (Å²) in [5.41, 5.74) is 1.94. The highest BCUT2D eigenvalue weighted by Crippen LogP contribution is 2.30. The third-order valence-electron chi connectivity index (χ3n) is 4.39. The highest BCUT2D eigenvalue weighted by molar-refractivity contribution is 5.95. The SMILES string of the molecule is COc1ccc(C(C)NC(=O)c2nn(-c3ccccc3)cc2OC)cc1OC. The van der Waals surface area contributed by atoms with E-state index in [4.69, 9.17) is 14.2 Å². The van der Waals surface area contributed by atoms with Gasteiger partial charge in [0.05, 0.1) is 39.3 Å². The number of para-hydroxylation sites is 1. The van der Waals surface area contributed by atoms with Crippen LogP contribution in [-0.4, -0.2) is 37.0 Å². The molecule has 1 unspecified atom stereocenters. The molecule has 0 saturated carbocycles. The van der Waals surface area contributed by atoms with Crippen molar-refractivity contribution in [3.05, 3.63) is 66.0 Å². The lowest BCUT2D eigenvalue weighted by atomic mass is 10.1. The van der Waals surface area contributed by atoms with Crippen LogP contribution < -0.4 is 19.5 Å². The van der Waals surface area contributed by atoms with Crippen molar-refractivity contribution in [1.29, 1.82) is 0 Å². The molecule has 3 rings (SSSR count). The standard InChI is InChI=1S/C21H23N3O4/c1-14(15-10-11-17(26-2)18(12-15)27-3)22-21(25)20-19(28-4)13-24(23-20)16-8-6-5-7-9-16/h5-14H,1-4H3,(H,22,25). The number of aromatic nitrogens is 2. The van der Waals surface area contributed by atoms with Crippen LogP contribution in [0.25, 0.3) is 5.69 Å². The van der Waals surface area contributed by atoms with Crippen LogP contribution in [0.4, 0.5) is 0 Å². The minimum atomic E-state index is -0.325. The smallest absolute Gasteiger partial charge is 0.276 e. The van der Waals surface area contributed by atoms with Crippen molar-refractivity contribution in [2.75, 3.05) is 21.3 Å². The summed E-state index contributed by atoms with van der Waals surface area (Å²) in [7, 11) is 4.67. The number of carbonyl (C=O) groups excluding carboxylic acids is 1. The first kappa shape index (κ1) is 19.3. The second-order valence-electron chi connectivity index (χ2n) is 6.14. The Morgan fingerprint density at radius 2 is 1.64 bits per heavy atom. The number of nitrogens with one attached hydrogen (secondary N) is 1. The van der Waals surface area contributed by atoms with Gasteiger partial charge >= 0.3 is 0 Å². The Bertz CT molecular complexity index is 954. The molecule has 1 aromatic heterocycles. The molecule has 0 saturated heterocycles. The minimum absolute atomic E-state index is 0.221. The summed E-state index contributed by atoms with van der Waals surface area (Å²) in [6, 6.07) is 14.8. The zero-order valence-electron chi connectivity index (χ0n) is 16.3.